The Bertz CT molecular complexity index is 1070. The number of nitrogens with zero attached hydrogens (tertiary/aromatic N) is 2. The van der Waals surface area contributed by atoms with Crippen molar-refractivity contribution in [3.05, 3.63) is 66.4 Å². The van der Waals surface area contributed by atoms with Gasteiger partial charge in [-0.25, -0.2) is 4.79 Å². The maximum atomic E-state index is 12.6. The molecule has 7 heteroatoms. The zero-order valence-electron chi connectivity index (χ0n) is 16.1. The Balaban J connectivity index is 1.35. The van der Waals surface area contributed by atoms with Crippen molar-refractivity contribution in [1.82, 2.24) is 14.8 Å². The Morgan fingerprint density at radius 3 is 2.66 bits per heavy atom. The normalized spacial score (nSPS) is 16.3. The number of aryl methyl sites for hydroxylation is 1. The second-order valence-electron chi connectivity index (χ2n) is 7.16. The summed E-state index contributed by atoms with van der Waals surface area (Å²) in [4.78, 5) is 38.4. The summed E-state index contributed by atoms with van der Waals surface area (Å²) < 4.78 is 1.99. The number of benzene rings is 2. The average Bonchev–Trinajstić information content (AvgIpc) is 3.23. The summed E-state index contributed by atoms with van der Waals surface area (Å²) in [5.74, 6) is -0.485. The predicted molar refractivity (Wildman–Crippen MR) is 110 cm³/mol. The van der Waals surface area contributed by atoms with Crippen LogP contribution in [0.25, 0.3) is 10.9 Å². The van der Waals surface area contributed by atoms with E-state index in [1.54, 1.807) is 0 Å². The van der Waals surface area contributed by atoms with Crippen molar-refractivity contribution in [2.75, 3.05) is 5.32 Å². The lowest BCUT2D eigenvalue weighted by molar-refractivity contribution is -0.128. The van der Waals surface area contributed by atoms with Crippen LogP contribution in [-0.4, -0.2) is 33.4 Å². The second kappa shape index (κ2) is 7.79. The number of anilines is 1. The number of aromatic nitrogens is 1. The van der Waals surface area contributed by atoms with Gasteiger partial charge in [0.25, 0.3) is 5.91 Å². The Morgan fingerprint density at radius 2 is 1.86 bits per heavy atom. The SMILES string of the molecule is Cn1ccc2c(NC(=O)CC[C@H]3NC(=O)N(Cc4ccccc4)C3=O)cccc21. The molecule has 29 heavy (non-hydrogen) atoms. The number of fused-ring (bicyclic) bond motifs is 1. The van der Waals surface area contributed by atoms with E-state index in [1.807, 2.05) is 72.4 Å². The molecule has 3 aromatic rings. The second-order valence-corrected chi connectivity index (χ2v) is 7.16. The lowest BCUT2D eigenvalue weighted by atomic mass is 10.1. The van der Waals surface area contributed by atoms with E-state index in [1.165, 1.54) is 4.90 Å². The number of rotatable bonds is 6. The maximum Gasteiger partial charge on any atom is 0.325 e. The lowest BCUT2D eigenvalue weighted by Crippen LogP contribution is -2.31. The standard InChI is InChI=1S/C22H22N4O3/c1-25-13-12-16-17(8-5-9-19(16)25)23-20(27)11-10-18-21(28)26(22(29)24-18)14-15-6-3-2-4-7-15/h2-9,12-13,18H,10-11,14H2,1H3,(H,23,27)(H,24,29)/t18-/m1/s1. The topological polar surface area (TPSA) is 83.4 Å². The maximum absolute atomic E-state index is 12.6. The van der Waals surface area contributed by atoms with Gasteiger partial charge in [-0.15, -0.1) is 0 Å². The van der Waals surface area contributed by atoms with Gasteiger partial charge in [-0.2, -0.15) is 0 Å². The third-order valence-corrected chi connectivity index (χ3v) is 5.15. The molecule has 0 radical (unpaired) electrons. The van der Waals surface area contributed by atoms with Gasteiger partial charge >= 0.3 is 6.03 Å². The Hall–Kier alpha value is -3.61. The van der Waals surface area contributed by atoms with E-state index in [0.717, 1.165) is 22.2 Å². The van der Waals surface area contributed by atoms with Crippen LogP contribution in [0.15, 0.2) is 60.8 Å². The minimum atomic E-state index is -0.676. The van der Waals surface area contributed by atoms with Crippen molar-refractivity contribution >= 4 is 34.4 Å². The van der Waals surface area contributed by atoms with E-state index in [4.69, 9.17) is 0 Å². The van der Waals surface area contributed by atoms with E-state index in [2.05, 4.69) is 10.6 Å². The average molecular weight is 390 g/mol. The van der Waals surface area contributed by atoms with Gasteiger partial charge in [0.1, 0.15) is 6.04 Å². The molecule has 0 spiro atoms. The fourth-order valence-corrected chi connectivity index (χ4v) is 3.59. The molecule has 0 bridgehead atoms. The summed E-state index contributed by atoms with van der Waals surface area (Å²) in [5.41, 5.74) is 2.64. The highest BCUT2D eigenvalue weighted by Gasteiger charge is 2.37. The van der Waals surface area contributed by atoms with Crippen molar-refractivity contribution in [3.63, 3.8) is 0 Å². The summed E-state index contributed by atoms with van der Waals surface area (Å²) in [7, 11) is 1.95. The molecule has 2 N–H and O–H groups in total. The number of imide groups is 1. The highest BCUT2D eigenvalue weighted by atomic mass is 16.2. The Kier molecular flexibility index (Phi) is 5.03. The number of urea groups is 1. The van der Waals surface area contributed by atoms with Crippen LogP contribution >= 0.6 is 0 Å². The molecule has 1 aromatic heterocycles. The summed E-state index contributed by atoms with van der Waals surface area (Å²) in [6.07, 6.45) is 2.33. The van der Waals surface area contributed by atoms with Crippen molar-refractivity contribution < 1.29 is 14.4 Å². The highest BCUT2D eigenvalue weighted by Crippen LogP contribution is 2.24. The first-order valence-electron chi connectivity index (χ1n) is 9.52. The quantitative estimate of drug-likeness (QED) is 0.635. The van der Waals surface area contributed by atoms with E-state index < -0.39 is 12.1 Å². The third-order valence-electron chi connectivity index (χ3n) is 5.15. The Morgan fingerprint density at radius 1 is 1.07 bits per heavy atom. The smallest absolute Gasteiger partial charge is 0.325 e. The van der Waals surface area contributed by atoms with Crippen molar-refractivity contribution in [1.29, 1.82) is 0 Å². The third kappa shape index (κ3) is 3.85. The van der Waals surface area contributed by atoms with Crippen LogP contribution < -0.4 is 10.6 Å². The van der Waals surface area contributed by atoms with E-state index in [0.29, 0.717) is 0 Å². The molecule has 1 fully saturated rings. The Labute approximate surface area is 168 Å². The zero-order chi connectivity index (χ0) is 20.4. The van der Waals surface area contributed by atoms with Gasteiger partial charge in [-0.1, -0.05) is 36.4 Å². The van der Waals surface area contributed by atoms with Gasteiger partial charge in [0, 0.05) is 30.6 Å². The minimum absolute atomic E-state index is 0.138. The van der Waals surface area contributed by atoms with Crippen LogP contribution in [0.2, 0.25) is 0 Å². The summed E-state index contributed by atoms with van der Waals surface area (Å²) in [6, 6.07) is 15.9. The van der Waals surface area contributed by atoms with Gasteiger partial charge in [0.15, 0.2) is 0 Å². The van der Waals surface area contributed by atoms with Crippen LogP contribution in [0.5, 0.6) is 0 Å². The van der Waals surface area contributed by atoms with Crippen LogP contribution in [0.4, 0.5) is 10.5 Å². The number of carbonyl (C=O) groups is 3. The van der Waals surface area contributed by atoms with Gasteiger partial charge in [-0.3, -0.25) is 14.5 Å². The van der Waals surface area contributed by atoms with Gasteiger partial charge < -0.3 is 15.2 Å². The molecule has 0 aliphatic carbocycles. The monoisotopic (exact) mass is 390 g/mol. The number of nitrogens with one attached hydrogen (secondary N) is 2. The molecule has 1 aliphatic heterocycles. The summed E-state index contributed by atoms with van der Waals surface area (Å²) in [5, 5.41) is 6.55. The van der Waals surface area contributed by atoms with E-state index in [9.17, 15) is 14.4 Å². The molecular weight excluding hydrogens is 368 g/mol. The largest absolute Gasteiger partial charge is 0.350 e. The van der Waals surface area contributed by atoms with Gasteiger partial charge in [-0.05, 0) is 30.2 Å². The first kappa shape index (κ1) is 18.7. The number of amides is 4. The molecule has 2 aromatic carbocycles. The fraction of sp³-hybridized carbons (Fsp3) is 0.227. The molecule has 148 valence electrons. The molecule has 0 saturated carbocycles. The molecule has 0 unspecified atom stereocenters. The zero-order valence-corrected chi connectivity index (χ0v) is 16.1. The molecule has 2 heterocycles. The van der Waals surface area contributed by atoms with E-state index >= 15 is 0 Å². The highest BCUT2D eigenvalue weighted by molar-refractivity contribution is 6.05. The van der Waals surface area contributed by atoms with Crippen LogP contribution in [0.3, 0.4) is 0 Å². The molecule has 4 rings (SSSR count). The van der Waals surface area contributed by atoms with Crippen molar-refractivity contribution in [3.8, 4) is 0 Å². The van der Waals surface area contributed by atoms with Gasteiger partial charge in [0.05, 0.1) is 12.2 Å². The first-order chi connectivity index (χ1) is 14.0. The fourth-order valence-electron chi connectivity index (χ4n) is 3.59. The van der Waals surface area contributed by atoms with Crippen molar-refractivity contribution in [2.45, 2.75) is 25.4 Å². The number of carbonyl (C=O) groups excluding carboxylic acids is 3. The summed E-state index contributed by atoms with van der Waals surface area (Å²) >= 11 is 0. The van der Waals surface area contributed by atoms with Gasteiger partial charge in [0.2, 0.25) is 5.91 Å². The number of hydrogen-bond acceptors (Lipinski definition) is 3. The molecule has 1 atom stereocenters. The van der Waals surface area contributed by atoms with E-state index in [-0.39, 0.29) is 31.2 Å². The first-order valence-corrected chi connectivity index (χ1v) is 9.52. The van der Waals surface area contributed by atoms with Crippen LogP contribution in [0.1, 0.15) is 18.4 Å². The molecule has 1 aliphatic rings. The summed E-state index contributed by atoms with van der Waals surface area (Å²) in [6.45, 7) is 0.226. The lowest BCUT2D eigenvalue weighted by Gasteiger charge is -2.13. The van der Waals surface area contributed by atoms with Crippen LogP contribution in [0, 0.1) is 0 Å². The molecule has 7 nitrogen and oxygen atoms in total. The van der Waals surface area contributed by atoms with Crippen LogP contribution in [-0.2, 0) is 23.2 Å². The molecular formula is C22H22N4O3. The minimum Gasteiger partial charge on any atom is -0.350 e. The molecule has 4 amide bonds. The predicted octanol–water partition coefficient (Wildman–Crippen LogP) is 3.02. The van der Waals surface area contributed by atoms with Crippen molar-refractivity contribution in [2.24, 2.45) is 7.05 Å². The number of hydrogen-bond donors (Lipinski definition) is 2. The molecule has 1 saturated heterocycles.